The number of nitrogens with zero attached hydrogens (tertiary/aromatic N) is 2. The van der Waals surface area contributed by atoms with Gasteiger partial charge in [-0.2, -0.15) is 4.39 Å². The SMILES string of the molecule is O=C1S[C@H]2CCCC[C@H]2N1c1noc2c(F)c(F)c(C3OCCO3)cc12. The van der Waals surface area contributed by atoms with E-state index in [-0.39, 0.29) is 38.9 Å². The first-order valence-electron chi connectivity index (χ1n) is 8.65. The predicted octanol–water partition coefficient (Wildman–Crippen LogP) is 4.14. The highest BCUT2D eigenvalue weighted by atomic mass is 32.2. The summed E-state index contributed by atoms with van der Waals surface area (Å²) < 4.78 is 44.6. The average Bonchev–Trinajstić information content (AvgIpc) is 3.35. The molecule has 2 saturated heterocycles. The van der Waals surface area contributed by atoms with E-state index >= 15 is 0 Å². The maximum absolute atomic E-state index is 14.5. The normalized spacial score (nSPS) is 26.8. The van der Waals surface area contributed by atoms with Crippen molar-refractivity contribution in [3.05, 3.63) is 23.3 Å². The first kappa shape index (κ1) is 16.5. The fourth-order valence-electron chi connectivity index (χ4n) is 3.98. The molecule has 1 amide bonds. The number of carbonyl (C=O) groups is 1. The highest BCUT2D eigenvalue weighted by molar-refractivity contribution is 8.14. The fourth-order valence-corrected chi connectivity index (χ4v) is 5.27. The minimum Gasteiger partial charge on any atom is -0.351 e. The number of benzene rings is 1. The number of rotatable bonds is 2. The van der Waals surface area contributed by atoms with Crippen LogP contribution in [0.2, 0.25) is 0 Å². The van der Waals surface area contributed by atoms with Crippen LogP contribution in [0.4, 0.5) is 19.4 Å². The van der Waals surface area contributed by atoms with Crippen molar-refractivity contribution in [2.45, 2.75) is 43.3 Å². The lowest BCUT2D eigenvalue weighted by atomic mass is 9.94. The molecule has 3 heterocycles. The topological polar surface area (TPSA) is 64.8 Å². The molecule has 2 aliphatic heterocycles. The van der Waals surface area contributed by atoms with Crippen LogP contribution in [-0.4, -0.2) is 34.9 Å². The fraction of sp³-hybridized carbons (Fsp3) is 0.529. The number of anilines is 1. The minimum atomic E-state index is -1.14. The molecule has 26 heavy (non-hydrogen) atoms. The zero-order valence-electron chi connectivity index (χ0n) is 13.7. The summed E-state index contributed by atoms with van der Waals surface area (Å²) in [5, 5.41) is 4.25. The predicted molar refractivity (Wildman–Crippen MR) is 90.1 cm³/mol. The quantitative estimate of drug-likeness (QED) is 0.778. The second-order valence-electron chi connectivity index (χ2n) is 6.69. The number of hydrogen-bond donors (Lipinski definition) is 0. The van der Waals surface area contributed by atoms with E-state index in [2.05, 4.69) is 5.16 Å². The molecule has 0 radical (unpaired) electrons. The monoisotopic (exact) mass is 382 g/mol. The second kappa shape index (κ2) is 6.17. The Balaban J connectivity index is 1.63. The van der Waals surface area contributed by atoms with E-state index in [4.69, 9.17) is 14.0 Å². The zero-order valence-corrected chi connectivity index (χ0v) is 14.6. The first-order valence-corrected chi connectivity index (χ1v) is 9.53. The summed E-state index contributed by atoms with van der Waals surface area (Å²) in [6.45, 7) is 0.622. The average molecular weight is 382 g/mol. The molecule has 1 aromatic carbocycles. The van der Waals surface area contributed by atoms with E-state index < -0.39 is 17.9 Å². The maximum atomic E-state index is 14.5. The van der Waals surface area contributed by atoms with Gasteiger partial charge in [-0.3, -0.25) is 9.69 Å². The third-order valence-corrected chi connectivity index (χ3v) is 6.46. The van der Waals surface area contributed by atoms with Crippen molar-refractivity contribution in [1.82, 2.24) is 5.16 Å². The van der Waals surface area contributed by atoms with Gasteiger partial charge in [0.1, 0.15) is 0 Å². The highest BCUT2D eigenvalue weighted by Gasteiger charge is 2.44. The Morgan fingerprint density at radius 1 is 1.15 bits per heavy atom. The van der Waals surface area contributed by atoms with Gasteiger partial charge < -0.3 is 14.0 Å². The molecular formula is C17H16F2N2O4S. The lowest BCUT2D eigenvalue weighted by Gasteiger charge is -2.28. The van der Waals surface area contributed by atoms with Crippen LogP contribution >= 0.6 is 11.8 Å². The number of thioether (sulfide) groups is 1. The number of halogens is 2. The third kappa shape index (κ3) is 2.37. The van der Waals surface area contributed by atoms with E-state index in [0.29, 0.717) is 13.2 Å². The van der Waals surface area contributed by atoms with Gasteiger partial charge in [0, 0.05) is 10.8 Å². The molecule has 2 aromatic rings. The van der Waals surface area contributed by atoms with Crippen LogP contribution in [0.25, 0.3) is 11.0 Å². The molecule has 3 aliphatic rings. The summed E-state index contributed by atoms with van der Waals surface area (Å²) >= 11 is 1.29. The Hall–Kier alpha value is -1.71. The summed E-state index contributed by atoms with van der Waals surface area (Å²) in [4.78, 5) is 14.1. The lowest BCUT2D eigenvalue weighted by Crippen LogP contribution is -2.38. The van der Waals surface area contributed by atoms with Crippen molar-refractivity contribution in [3.63, 3.8) is 0 Å². The number of hydrogen-bond acceptors (Lipinski definition) is 6. The maximum Gasteiger partial charge on any atom is 0.287 e. The zero-order chi connectivity index (χ0) is 17.8. The Kier molecular flexibility index (Phi) is 3.91. The first-order chi connectivity index (χ1) is 12.6. The molecule has 0 spiro atoms. The van der Waals surface area contributed by atoms with Gasteiger partial charge in [0.25, 0.3) is 5.24 Å². The van der Waals surface area contributed by atoms with Gasteiger partial charge in [0.05, 0.1) is 24.6 Å². The molecule has 0 N–H and O–H groups in total. The standard InChI is InChI=1S/C17H16F2N2O4S/c18-12-8(16-23-5-6-24-16)7-9-14(13(12)19)25-20-15(9)21-10-3-1-2-4-11(10)26-17(21)22/h7,10-11,16H,1-6H2/t10-,11+/m1/s1. The molecule has 138 valence electrons. The molecule has 1 aliphatic carbocycles. The Morgan fingerprint density at radius 2 is 1.92 bits per heavy atom. The van der Waals surface area contributed by atoms with Gasteiger partial charge in [-0.15, -0.1) is 0 Å². The van der Waals surface area contributed by atoms with Crippen LogP contribution in [0.1, 0.15) is 37.5 Å². The van der Waals surface area contributed by atoms with Gasteiger partial charge in [-0.05, 0) is 18.9 Å². The molecule has 0 bridgehead atoms. The van der Waals surface area contributed by atoms with Gasteiger partial charge in [0.2, 0.25) is 11.4 Å². The summed E-state index contributed by atoms with van der Waals surface area (Å²) in [7, 11) is 0. The highest BCUT2D eigenvalue weighted by Crippen LogP contribution is 2.45. The van der Waals surface area contributed by atoms with Crippen LogP contribution in [0.15, 0.2) is 10.6 Å². The van der Waals surface area contributed by atoms with Gasteiger partial charge in [-0.1, -0.05) is 29.8 Å². The van der Waals surface area contributed by atoms with Crippen molar-refractivity contribution >= 4 is 33.8 Å². The van der Waals surface area contributed by atoms with Crippen LogP contribution in [-0.2, 0) is 9.47 Å². The molecular weight excluding hydrogens is 366 g/mol. The molecule has 2 atom stereocenters. The molecule has 9 heteroatoms. The van der Waals surface area contributed by atoms with Crippen LogP contribution in [0.5, 0.6) is 0 Å². The molecule has 5 rings (SSSR count). The van der Waals surface area contributed by atoms with Crippen molar-refractivity contribution < 1.29 is 27.6 Å². The molecule has 1 saturated carbocycles. The van der Waals surface area contributed by atoms with Crippen LogP contribution < -0.4 is 4.90 Å². The van der Waals surface area contributed by atoms with Gasteiger partial charge in [-0.25, -0.2) is 4.39 Å². The molecule has 0 unspecified atom stereocenters. The smallest absolute Gasteiger partial charge is 0.287 e. The van der Waals surface area contributed by atoms with E-state index in [9.17, 15) is 13.6 Å². The summed E-state index contributed by atoms with van der Waals surface area (Å²) in [5.41, 5.74) is -0.340. The van der Waals surface area contributed by atoms with E-state index in [0.717, 1.165) is 25.7 Å². The van der Waals surface area contributed by atoms with Crippen LogP contribution in [0.3, 0.4) is 0 Å². The largest absolute Gasteiger partial charge is 0.351 e. The van der Waals surface area contributed by atoms with Crippen molar-refractivity contribution in [3.8, 4) is 0 Å². The Morgan fingerprint density at radius 3 is 2.73 bits per heavy atom. The van der Waals surface area contributed by atoms with Gasteiger partial charge >= 0.3 is 0 Å². The summed E-state index contributed by atoms with van der Waals surface area (Å²) in [6, 6.07) is 1.43. The third-order valence-electron chi connectivity index (χ3n) is 5.21. The van der Waals surface area contributed by atoms with E-state index in [1.54, 1.807) is 4.90 Å². The summed E-state index contributed by atoms with van der Waals surface area (Å²) in [5.74, 6) is -1.98. The van der Waals surface area contributed by atoms with E-state index in [1.165, 1.54) is 17.8 Å². The number of aromatic nitrogens is 1. The molecule has 6 nitrogen and oxygen atoms in total. The lowest BCUT2D eigenvalue weighted by molar-refractivity contribution is -0.0467. The van der Waals surface area contributed by atoms with Gasteiger partial charge in [0.15, 0.2) is 17.9 Å². The van der Waals surface area contributed by atoms with Crippen molar-refractivity contribution in [2.75, 3.05) is 18.1 Å². The van der Waals surface area contributed by atoms with Crippen LogP contribution in [0, 0.1) is 11.6 Å². The van der Waals surface area contributed by atoms with Crippen molar-refractivity contribution in [1.29, 1.82) is 0 Å². The second-order valence-corrected chi connectivity index (χ2v) is 7.88. The van der Waals surface area contributed by atoms with E-state index in [1.807, 2.05) is 0 Å². The molecule has 1 aromatic heterocycles. The Labute approximate surface area is 151 Å². The number of amides is 1. The number of fused-ring (bicyclic) bond motifs is 2. The van der Waals surface area contributed by atoms with Crippen molar-refractivity contribution in [2.24, 2.45) is 0 Å². The number of ether oxygens (including phenoxy) is 2. The number of carbonyl (C=O) groups excluding carboxylic acids is 1. The molecule has 3 fully saturated rings. The summed E-state index contributed by atoms with van der Waals surface area (Å²) in [6.07, 6.45) is 2.98. The minimum absolute atomic E-state index is 0.00472. The Bertz CT molecular complexity index is 883.